The van der Waals surface area contributed by atoms with Crippen LogP contribution in [0.25, 0.3) is 0 Å². The fourth-order valence-corrected chi connectivity index (χ4v) is 2.14. The van der Waals surface area contributed by atoms with E-state index in [9.17, 15) is 22.7 Å². The van der Waals surface area contributed by atoms with Crippen LogP contribution in [0, 0.1) is 5.82 Å². The third-order valence-corrected chi connectivity index (χ3v) is 3.34. The zero-order valence-electron chi connectivity index (χ0n) is 10.5. The lowest BCUT2D eigenvalue weighted by Gasteiger charge is -2.17. The molecule has 0 amide bonds. The molecule has 1 heterocycles. The van der Waals surface area contributed by atoms with Gasteiger partial charge >= 0.3 is 6.18 Å². The summed E-state index contributed by atoms with van der Waals surface area (Å²) in [6, 6.07) is 5.28. The minimum absolute atomic E-state index is 0.139. The lowest BCUT2D eigenvalue weighted by molar-refractivity contribution is -0.139. The van der Waals surface area contributed by atoms with Crippen molar-refractivity contribution in [2.24, 2.45) is 0 Å². The molecule has 112 valence electrons. The molecule has 0 saturated carbocycles. The van der Waals surface area contributed by atoms with Crippen molar-refractivity contribution in [1.29, 1.82) is 0 Å². The second kappa shape index (κ2) is 6.11. The summed E-state index contributed by atoms with van der Waals surface area (Å²) < 4.78 is 52.5. The first-order valence-electron chi connectivity index (χ1n) is 5.92. The molecule has 1 aromatic carbocycles. The van der Waals surface area contributed by atoms with E-state index in [4.69, 9.17) is 0 Å². The highest BCUT2D eigenvalue weighted by molar-refractivity contribution is 9.10. The van der Waals surface area contributed by atoms with Crippen molar-refractivity contribution in [1.82, 2.24) is 4.98 Å². The number of benzene rings is 1. The van der Waals surface area contributed by atoms with Gasteiger partial charge in [0.05, 0.1) is 11.7 Å². The molecule has 2 aromatic rings. The molecule has 0 radical (unpaired) electrons. The van der Waals surface area contributed by atoms with E-state index in [0.717, 1.165) is 6.07 Å². The summed E-state index contributed by atoms with van der Waals surface area (Å²) in [7, 11) is 0. The molecule has 2 nitrogen and oxygen atoms in total. The van der Waals surface area contributed by atoms with Crippen molar-refractivity contribution in [2.75, 3.05) is 0 Å². The van der Waals surface area contributed by atoms with Crippen molar-refractivity contribution in [3.05, 3.63) is 63.6 Å². The zero-order chi connectivity index (χ0) is 15.6. The molecule has 1 atom stereocenters. The molecule has 0 aliphatic carbocycles. The molecule has 0 aliphatic heterocycles. The Bertz CT molecular complexity index is 628. The highest BCUT2D eigenvalue weighted by Gasteiger charge is 2.35. The van der Waals surface area contributed by atoms with Gasteiger partial charge in [-0.15, -0.1) is 0 Å². The maximum atomic E-state index is 13.2. The minimum atomic E-state index is -4.66. The normalized spacial score (nSPS) is 13.2. The van der Waals surface area contributed by atoms with Crippen LogP contribution in [0.3, 0.4) is 0 Å². The average Bonchev–Trinajstić information content (AvgIpc) is 2.40. The highest BCUT2D eigenvalue weighted by atomic mass is 79.9. The Morgan fingerprint density at radius 2 is 1.90 bits per heavy atom. The Morgan fingerprint density at radius 3 is 2.48 bits per heavy atom. The topological polar surface area (TPSA) is 33.1 Å². The molecule has 0 spiro atoms. The Balaban J connectivity index is 2.32. The van der Waals surface area contributed by atoms with Crippen molar-refractivity contribution in [3.8, 4) is 0 Å². The lowest BCUT2D eigenvalue weighted by atomic mass is 9.98. The van der Waals surface area contributed by atoms with E-state index in [1.807, 2.05) is 0 Å². The first-order chi connectivity index (χ1) is 9.77. The van der Waals surface area contributed by atoms with Crippen LogP contribution in [0.1, 0.15) is 22.9 Å². The second-order valence-electron chi connectivity index (χ2n) is 4.42. The number of aliphatic hydroxyl groups excluding tert-OH is 1. The number of alkyl halides is 3. The monoisotopic (exact) mass is 363 g/mol. The van der Waals surface area contributed by atoms with Gasteiger partial charge in [-0.1, -0.05) is 0 Å². The molecule has 7 heteroatoms. The smallest absolute Gasteiger partial charge is 0.388 e. The molecular weight excluding hydrogens is 354 g/mol. The quantitative estimate of drug-likeness (QED) is 0.825. The standard InChI is InChI=1S/C14H10BrF4NO/c15-8-1-3-10(20-7-8)6-13(21)11-5-9(16)2-4-12(11)14(17,18)19/h1-5,7,13,21H,6H2. The predicted molar refractivity (Wildman–Crippen MR) is 72.0 cm³/mol. The Labute approximate surface area is 126 Å². The number of pyridine rings is 1. The van der Waals surface area contributed by atoms with Crippen LogP contribution in [-0.4, -0.2) is 10.1 Å². The van der Waals surface area contributed by atoms with Crippen LogP contribution in [0.15, 0.2) is 41.0 Å². The van der Waals surface area contributed by atoms with E-state index in [2.05, 4.69) is 20.9 Å². The summed E-state index contributed by atoms with van der Waals surface area (Å²) >= 11 is 3.18. The van der Waals surface area contributed by atoms with Crippen LogP contribution in [0.2, 0.25) is 0 Å². The number of hydrogen-bond donors (Lipinski definition) is 1. The van der Waals surface area contributed by atoms with Gasteiger partial charge in [-0.25, -0.2) is 4.39 Å². The number of hydrogen-bond acceptors (Lipinski definition) is 2. The van der Waals surface area contributed by atoms with Gasteiger partial charge in [0, 0.05) is 22.8 Å². The van der Waals surface area contributed by atoms with Gasteiger partial charge in [0.1, 0.15) is 5.82 Å². The zero-order valence-corrected chi connectivity index (χ0v) is 12.1. The van der Waals surface area contributed by atoms with Gasteiger partial charge in [-0.05, 0) is 51.8 Å². The Morgan fingerprint density at radius 1 is 1.19 bits per heavy atom. The van der Waals surface area contributed by atoms with E-state index in [-0.39, 0.29) is 6.42 Å². The summed E-state index contributed by atoms with van der Waals surface area (Å²) in [5.74, 6) is -0.833. The number of rotatable bonds is 3. The molecule has 0 bridgehead atoms. The largest absolute Gasteiger partial charge is 0.416 e. The number of nitrogens with zero attached hydrogens (tertiary/aromatic N) is 1. The fourth-order valence-electron chi connectivity index (χ4n) is 1.90. The lowest BCUT2D eigenvalue weighted by Crippen LogP contribution is -2.14. The van der Waals surface area contributed by atoms with Crippen LogP contribution >= 0.6 is 15.9 Å². The SMILES string of the molecule is OC(Cc1ccc(Br)cn1)c1cc(F)ccc1C(F)(F)F. The summed E-state index contributed by atoms with van der Waals surface area (Å²) in [4.78, 5) is 3.98. The first-order valence-corrected chi connectivity index (χ1v) is 6.72. The van der Waals surface area contributed by atoms with Gasteiger partial charge in [-0.2, -0.15) is 13.2 Å². The van der Waals surface area contributed by atoms with Gasteiger partial charge < -0.3 is 5.11 Å². The molecule has 1 unspecified atom stereocenters. The number of aliphatic hydroxyl groups is 1. The first kappa shape index (κ1) is 15.9. The fraction of sp³-hybridized carbons (Fsp3) is 0.214. The van der Waals surface area contributed by atoms with Crippen molar-refractivity contribution in [2.45, 2.75) is 18.7 Å². The van der Waals surface area contributed by atoms with Crippen LogP contribution in [-0.2, 0) is 12.6 Å². The van der Waals surface area contributed by atoms with E-state index in [0.29, 0.717) is 22.3 Å². The minimum Gasteiger partial charge on any atom is -0.388 e. The summed E-state index contributed by atoms with van der Waals surface area (Å²) in [5.41, 5.74) is -1.14. The van der Waals surface area contributed by atoms with Gasteiger partial charge in [0.15, 0.2) is 0 Å². The Kier molecular flexibility index (Phi) is 4.63. The van der Waals surface area contributed by atoms with E-state index in [1.54, 1.807) is 12.1 Å². The number of aromatic nitrogens is 1. The van der Waals surface area contributed by atoms with E-state index >= 15 is 0 Å². The molecule has 1 aromatic heterocycles. The van der Waals surface area contributed by atoms with Gasteiger partial charge in [0.25, 0.3) is 0 Å². The van der Waals surface area contributed by atoms with Crippen molar-refractivity contribution >= 4 is 15.9 Å². The molecule has 0 aliphatic rings. The van der Waals surface area contributed by atoms with E-state index in [1.165, 1.54) is 6.20 Å². The van der Waals surface area contributed by atoms with Gasteiger partial charge in [-0.3, -0.25) is 4.98 Å². The highest BCUT2D eigenvalue weighted by Crippen LogP contribution is 2.35. The third-order valence-electron chi connectivity index (χ3n) is 2.87. The average molecular weight is 364 g/mol. The van der Waals surface area contributed by atoms with Crippen molar-refractivity contribution in [3.63, 3.8) is 0 Å². The molecule has 21 heavy (non-hydrogen) atoms. The van der Waals surface area contributed by atoms with Crippen molar-refractivity contribution < 1.29 is 22.7 Å². The molecule has 0 saturated heterocycles. The van der Waals surface area contributed by atoms with Gasteiger partial charge in [0.2, 0.25) is 0 Å². The molecule has 2 rings (SSSR count). The third kappa shape index (κ3) is 4.01. The molecule has 0 fully saturated rings. The summed E-state index contributed by atoms with van der Waals surface area (Å²) in [6.07, 6.45) is -4.82. The van der Waals surface area contributed by atoms with Crippen LogP contribution in [0.4, 0.5) is 17.6 Å². The number of halogens is 5. The van der Waals surface area contributed by atoms with Crippen LogP contribution in [0.5, 0.6) is 0 Å². The maximum absolute atomic E-state index is 13.2. The van der Waals surface area contributed by atoms with Crippen LogP contribution < -0.4 is 0 Å². The Hall–Kier alpha value is -1.47. The summed E-state index contributed by atoms with van der Waals surface area (Å²) in [5, 5.41) is 9.99. The predicted octanol–water partition coefficient (Wildman–Crippen LogP) is 4.28. The molecular formula is C14H10BrF4NO. The summed E-state index contributed by atoms with van der Waals surface area (Å²) in [6.45, 7) is 0. The second-order valence-corrected chi connectivity index (χ2v) is 5.33. The molecule has 1 N–H and O–H groups in total. The van der Waals surface area contributed by atoms with E-state index < -0.39 is 29.2 Å². The maximum Gasteiger partial charge on any atom is 0.416 e.